The summed E-state index contributed by atoms with van der Waals surface area (Å²) in [4.78, 5) is 47.4. The maximum atomic E-state index is 15.5. The Morgan fingerprint density at radius 3 is 2.22 bits per heavy atom. The number of halogens is 1. The molecule has 346 valence electrons. The number of carbonyl (C=O) groups excluding carboxylic acids is 1. The number of benzene rings is 3. The number of carbonyl (C=O) groups is 1. The summed E-state index contributed by atoms with van der Waals surface area (Å²) < 4.78 is 46.9. The van der Waals surface area contributed by atoms with Gasteiger partial charge in [-0.3, -0.25) is 23.4 Å². The number of rotatable bonds is 11. The van der Waals surface area contributed by atoms with Crippen molar-refractivity contribution >= 4 is 24.0 Å². The van der Waals surface area contributed by atoms with Crippen LogP contribution in [0.2, 0.25) is 0 Å². The molecule has 67 heavy (non-hydrogen) atoms. The molecule has 1 saturated heterocycles. The fraction of sp³-hybridized carbons (Fsp3) is 0.431. The maximum absolute atomic E-state index is 15.5. The van der Waals surface area contributed by atoms with Gasteiger partial charge in [-0.1, -0.05) is 30.3 Å². The number of nitrogens with zero attached hydrogens (tertiary/aromatic N) is 7. The maximum Gasteiger partial charge on any atom is 0.438 e. The molecule has 3 unspecified atom stereocenters. The lowest BCUT2D eigenvalue weighted by atomic mass is 9.91. The van der Waals surface area contributed by atoms with Crippen molar-refractivity contribution in [3.05, 3.63) is 145 Å². The summed E-state index contributed by atoms with van der Waals surface area (Å²) in [6.45, 7) is 9.24. The Morgan fingerprint density at radius 1 is 0.896 bits per heavy atom. The monoisotopic (exact) mass is 924 g/mol. The van der Waals surface area contributed by atoms with E-state index in [4.69, 9.17) is 14.4 Å². The molecule has 2 aliphatic heterocycles. The van der Waals surface area contributed by atoms with Gasteiger partial charge < -0.3 is 18.8 Å². The van der Waals surface area contributed by atoms with Crippen molar-refractivity contribution in [2.75, 3.05) is 19.8 Å². The van der Waals surface area contributed by atoms with Gasteiger partial charge in [0.1, 0.15) is 22.9 Å². The summed E-state index contributed by atoms with van der Waals surface area (Å²) in [5.41, 5.74) is 6.71. The van der Waals surface area contributed by atoms with Crippen LogP contribution in [0.3, 0.4) is 0 Å². The van der Waals surface area contributed by atoms with E-state index in [0.717, 1.165) is 60.7 Å². The number of H-pyrrole nitrogens is 1. The highest BCUT2D eigenvalue weighted by Crippen LogP contribution is 2.71. The molecule has 6 heterocycles. The highest BCUT2D eigenvalue weighted by molar-refractivity contribution is 7.65. The van der Waals surface area contributed by atoms with Gasteiger partial charge in [0.2, 0.25) is 0 Å². The summed E-state index contributed by atoms with van der Waals surface area (Å²) in [6, 6.07) is 19.1. The number of amides is 1. The first-order valence-electron chi connectivity index (χ1n) is 23.8. The molecule has 3 atom stereocenters. The molecule has 5 aliphatic rings. The lowest BCUT2D eigenvalue weighted by molar-refractivity contribution is 0.0663. The molecule has 12 rings (SSSR count). The average Bonchev–Trinajstić information content (AvgIpc) is 4.30. The molecule has 0 radical (unpaired) electrons. The third-order valence-electron chi connectivity index (χ3n) is 15.6. The fourth-order valence-corrected chi connectivity index (χ4v) is 15.5. The first kappa shape index (κ1) is 42.3. The number of nitrogens with one attached hydrogen (secondary N) is 1. The third-order valence-corrected chi connectivity index (χ3v) is 20.0. The third kappa shape index (κ3) is 6.81. The minimum atomic E-state index is -2.28. The molecular weight excluding hydrogens is 871 g/mol. The summed E-state index contributed by atoms with van der Waals surface area (Å²) in [7, 11) is -2.28. The highest BCUT2D eigenvalue weighted by atomic mass is 31.2. The van der Waals surface area contributed by atoms with Crippen LogP contribution in [-0.4, -0.2) is 75.5 Å². The van der Waals surface area contributed by atoms with Crippen molar-refractivity contribution in [3.63, 3.8) is 0 Å². The molecule has 3 saturated carbocycles. The number of hydrogen-bond acceptors (Lipinski definition) is 8. The highest BCUT2D eigenvalue weighted by Gasteiger charge is 2.59. The zero-order valence-corrected chi connectivity index (χ0v) is 39.1. The van der Waals surface area contributed by atoms with Crippen LogP contribution < -0.4 is 11.4 Å². The number of aromatic amines is 1. The number of imidazole rings is 1. The van der Waals surface area contributed by atoms with E-state index < -0.39 is 24.5 Å². The smallest absolute Gasteiger partial charge is 0.381 e. The molecule has 16 heteroatoms. The number of fused-ring (bicyclic) bond motifs is 2. The van der Waals surface area contributed by atoms with Gasteiger partial charge in [-0.25, -0.2) is 18.7 Å². The molecule has 4 aromatic heterocycles. The first-order chi connectivity index (χ1) is 32.3. The van der Waals surface area contributed by atoms with E-state index in [9.17, 15) is 14.2 Å². The summed E-state index contributed by atoms with van der Waals surface area (Å²) in [5, 5.41) is 10.2. The summed E-state index contributed by atoms with van der Waals surface area (Å²) in [6.07, 6.45) is 11.2. The Balaban J connectivity index is 0.953. The van der Waals surface area contributed by atoms with Crippen molar-refractivity contribution < 1.29 is 23.0 Å². The van der Waals surface area contributed by atoms with Crippen molar-refractivity contribution in [3.8, 4) is 17.2 Å². The number of hydrogen-bond donors (Lipinski definition) is 1. The van der Waals surface area contributed by atoms with Crippen molar-refractivity contribution in [1.29, 1.82) is 0 Å². The van der Waals surface area contributed by atoms with Gasteiger partial charge in [-0.05, 0) is 142 Å². The molecule has 0 bridgehead atoms. The first-order valence-corrected chi connectivity index (χ1v) is 25.8. The predicted molar refractivity (Wildman–Crippen MR) is 251 cm³/mol. The topological polar surface area (TPSA) is 155 Å². The Hall–Kier alpha value is -6.05. The van der Waals surface area contributed by atoms with Gasteiger partial charge >= 0.3 is 11.4 Å². The van der Waals surface area contributed by atoms with Crippen LogP contribution in [-0.2, 0) is 27.4 Å². The van der Waals surface area contributed by atoms with Gasteiger partial charge in [0.15, 0.2) is 5.82 Å². The van der Waals surface area contributed by atoms with Gasteiger partial charge in [-0.15, -0.1) is 0 Å². The fourth-order valence-electron chi connectivity index (χ4n) is 11.6. The van der Waals surface area contributed by atoms with E-state index in [2.05, 4.69) is 39.8 Å². The van der Waals surface area contributed by atoms with Crippen LogP contribution in [0, 0.1) is 25.6 Å². The standard InChI is InChI=1S/C51H54FN8O6P/c1-29-23-38(24-30(2)45(29)52)60-46(58-20-19-57(50(58)63)37-8-5-33(6-9-37)28-67(64,39-10-11-39)40-12-13-40)44-32(4)56(18-15-41(44)54-60)47(61)43-26-36-25-35(34-16-21-65-22-17-34)7-14-42(36)59(43)51(27-31(51)3)48-53-49(62)66-55-48/h5-9,14,19-20,23-26,31-32,34,39-40H,10-13,15-18,21-22,27-28H2,1-4H3,(H,53,55,62). The van der Waals surface area contributed by atoms with E-state index in [1.165, 1.54) is 5.56 Å². The molecular formula is C51H54FN8O6P. The predicted octanol–water partition coefficient (Wildman–Crippen LogP) is 8.83. The zero-order chi connectivity index (χ0) is 46.1. The van der Waals surface area contributed by atoms with Crippen LogP contribution in [0.4, 0.5) is 4.39 Å². The quantitative estimate of drug-likeness (QED) is 0.126. The van der Waals surface area contributed by atoms with Crippen molar-refractivity contribution in [2.45, 2.75) is 114 Å². The Morgan fingerprint density at radius 2 is 1.58 bits per heavy atom. The van der Waals surface area contributed by atoms with E-state index in [0.29, 0.717) is 101 Å². The molecule has 0 spiro atoms. The summed E-state index contributed by atoms with van der Waals surface area (Å²) >= 11 is 0. The molecule has 1 N–H and O–H groups in total. The van der Waals surface area contributed by atoms with Crippen molar-refractivity contribution in [2.24, 2.45) is 5.92 Å². The lowest BCUT2D eigenvalue weighted by Crippen LogP contribution is -2.41. The number of aromatic nitrogens is 7. The van der Waals surface area contributed by atoms with E-state index >= 15 is 9.18 Å². The zero-order valence-electron chi connectivity index (χ0n) is 38.2. The number of ether oxygens (including phenoxy) is 1. The Labute approximate surface area is 386 Å². The summed E-state index contributed by atoms with van der Waals surface area (Å²) in [5.74, 6) is 0.0411. The molecule has 7 aromatic rings. The minimum Gasteiger partial charge on any atom is -0.381 e. The number of aryl methyl sites for hydroxylation is 2. The van der Waals surface area contributed by atoms with Gasteiger partial charge in [-0.2, -0.15) is 5.10 Å². The van der Waals surface area contributed by atoms with Gasteiger partial charge in [0.05, 0.1) is 30.3 Å². The second-order valence-corrected chi connectivity index (χ2v) is 23.4. The average molecular weight is 925 g/mol. The molecule has 1 amide bonds. The van der Waals surface area contributed by atoms with E-state index in [-0.39, 0.29) is 23.3 Å². The van der Waals surface area contributed by atoms with Crippen LogP contribution in [0.15, 0.2) is 87.2 Å². The van der Waals surface area contributed by atoms with E-state index in [1.54, 1.807) is 52.2 Å². The second kappa shape index (κ2) is 15.5. The van der Waals surface area contributed by atoms with Crippen LogP contribution in [0.25, 0.3) is 28.1 Å². The normalized spacial score (nSPS) is 22.1. The minimum absolute atomic E-state index is 0.0303. The Kier molecular flexibility index (Phi) is 9.79. The lowest BCUT2D eigenvalue weighted by Gasteiger charge is -2.34. The second-order valence-electron chi connectivity index (χ2n) is 19.9. The largest absolute Gasteiger partial charge is 0.438 e. The molecule has 4 fully saturated rings. The van der Waals surface area contributed by atoms with Crippen LogP contribution in [0.5, 0.6) is 0 Å². The Bertz CT molecular complexity index is 3270. The van der Waals surface area contributed by atoms with Crippen molar-refractivity contribution in [1.82, 2.24) is 38.5 Å². The van der Waals surface area contributed by atoms with Gasteiger partial charge in [0.25, 0.3) is 5.91 Å². The van der Waals surface area contributed by atoms with Gasteiger partial charge in [0, 0.05) is 72.5 Å². The SMILES string of the molecule is Cc1cc(-n2nc3c(c2-n2ccn(-c4ccc(CP(=O)(C5CC5)C5CC5)cc4)c2=O)C(C)N(C(=O)c2cc4cc(C5CCOCC5)ccc4n2C2(c4noc(=O)[nH]4)CC2C)CC3)cc(C)c1F. The van der Waals surface area contributed by atoms with E-state index in [1.807, 2.05) is 42.2 Å². The molecule has 3 aliphatic carbocycles. The molecule has 3 aromatic carbocycles. The molecule has 14 nitrogen and oxygen atoms in total. The van der Waals surface area contributed by atoms with Crippen LogP contribution >= 0.6 is 7.14 Å². The van der Waals surface area contributed by atoms with Crippen LogP contribution in [0.1, 0.15) is 121 Å².